The van der Waals surface area contributed by atoms with E-state index in [0.29, 0.717) is 17.9 Å². The van der Waals surface area contributed by atoms with E-state index in [1.165, 1.54) is 23.3 Å². The van der Waals surface area contributed by atoms with Crippen LogP contribution in [0.4, 0.5) is 0 Å². The number of fused-ring (bicyclic) bond motifs is 1. The van der Waals surface area contributed by atoms with E-state index in [1.807, 2.05) is 38.1 Å². The van der Waals surface area contributed by atoms with Crippen LogP contribution in [0.2, 0.25) is 0 Å². The molecule has 8 nitrogen and oxygen atoms in total. The van der Waals surface area contributed by atoms with Gasteiger partial charge in [-0.15, -0.1) is 0 Å². The fourth-order valence-electron chi connectivity index (χ4n) is 5.94. The highest BCUT2D eigenvalue weighted by molar-refractivity contribution is 5.99. The summed E-state index contributed by atoms with van der Waals surface area (Å²) in [5.74, 6) is -0.154. The van der Waals surface area contributed by atoms with Crippen LogP contribution in [-0.4, -0.2) is 89.1 Å². The minimum Gasteiger partial charge on any atom is -0.388 e. The lowest BCUT2D eigenvalue weighted by Crippen LogP contribution is -2.52. The first-order chi connectivity index (χ1) is 16.8. The van der Waals surface area contributed by atoms with Gasteiger partial charge in [0, 0.05) is 11.6 Å². The molecule has 0 radical (unpaired) electrons. The zero-order valence-electron chi connectivity index (χ0n) is 20.7. The molecule has 4 fully saturated rings. The van der Waals surface area contributed by atoms with E-state index in [2.05, 4.69) is 10.2 Å². The molecule has 1 aromatic rings. The number of β-amino-alcohol motifs (C(OH)–C–C–N with tert-alkyl or cyclic N) is 1. The van der Waals surface area contributed by atoms with Gasteiger partial charge in [-0.2, -0.15) is 0 Å². The number of rotatable bonds is 7. The summed E-state index contributed by atoms with van der Waals surface area (Å²) in [6.45, 7) is 6.22. The molecule has 4 atom stereocenters. The van der Waals surface area contributed by atoms with Crippen molar-refractivity contribution in [3.8, 4) is 0 Å². The number of aliphatic hydroxyl groups is 1. The van der Waals surface area contributed by atoms with Gasteiger partial charge in [-0.1, -0.05) is 26.0 Å². The van der Waals surface area contributed by atoms with Crippen molar-refractivity contribution in [3.63, 3.8) is 0 Å². The van der Waals surface area contributed by atoms with Gasteiger partial charge in [0.2, 0.25) is 5.91 Å². The minimum atomic E-state index is -0.894. The summed E-state index contributed by atoms with van der Waals surface area (Å²) in [6, 6.07) is 7.06. The predicted molar refractivity (Wildman–Crippen MR) is 130 cm³/mol. The van der Waals surface area contributed by atoms with Crippen LogP contribution >= 0.6 is 0 Å². The maximum atomic E-state index is 13.4. The van der Waals surface area contributed by atoms with E-state index < -0.39 is 24.3 Å². The van der Waals surface area contributed by atoms with Gasteiger partial charge < -0.3 is 25.0 Å². The molecular formula is C27H37N3O5. The Bertz CT molecular complexity index is 952. The Morgan fingerprint density at radius 2 is 1.80 bits per heavy atom. The van der Waals surface area contributed by atoms with Crippen LogP contribution in [0.25, 0.3) is 0 Å². The molecule has 5 rings (SSSR count). The normalized spacial score (nSPS) is 28.4. The number of amides is 2. The molecule has 8 heteroatoms. The van der Waals surface area contributed by atoms with Gasteiger partial charge in [0.05, 0.1) is 6.54 Å². The second-order valence-corrected chi connectivity index (χ2v) is 11.1. The van der Waals surface area contributed by atoms with Gasteiger partial charge in [0.1, 0.15) is 30.9 Å². The lowest BCUT2D eigenvalue weighted by molar-refractivity contribution is -0.138. The van der Waals surface area contributed by atoms with Gasteiger partial charge >= 0.3 is 0 Å². The summed E-state index contributed by atoms with van der Waals surface area (Å²) >= 11 is 0. The Labute approximate surface area is 207 Å². The molecule has 1 aliphatic carbocycles. The average molecular weight is 484 g/mol. The number of benzene rings is 1. The van der Waals surface area contributed by atoms with E-state index in [0.717, 1.165) is 32.0 Å². The van der Waals surface area contributed by atoms with Crippen LogP contribution < -0.4 is 5.32 Å². The quantitative estimate of drug-likeness (QED) is 0.613. The number of ketones is 1. The Balaban J connectivity index is 1.23. The average Bonchev–Trinajstić information content (AvgIpc) is 3.55. The molecule has 3 aliphatic heterocycles. The van der Waals surface area contributed by atoms with Gasteiger partial charge in [-0.25, -0.2) is 0 Å². The maximum absolute atomic E-state index is 13.4. The second-order valence-electron chi connectivity index (χ2n) is 11.1. The van der Waals surface area contributed by atoms with Crippen LogP contribution in [0.5, 0.6) is 0 Å². The number of hydrogen-bond acceptors (Lipinski definition) is 6. The van der Waals surface area contributed by atoms with E-state index in [1.54, 1.807) is 0 Å². The summed E-state index contributed by atoms with van der Waals surface area (Å²) in [5.41, 5.74) is 1.79. The zero-order chi connectivity index (χ0) is 24.7. The molecule has 1 saturated carbocycles. The van der Waals surface area contributed by atoms with E-state index in [-0.39, 0.29) is 36.7 Å². The Hall–Kier alpha value is -2.29. The minimum absolute atomic E-state index is 0.0403. The number of likely N-dealkylation sites (tertiary alicyclic amines) is 2. The highest BCUT2D eigenvalue weighted by Gasteiger charge is 2.52. The monoisotopic (exact) mass is 483 g/mol. The molecular weight excluding hydrogens is 446 g/mol. The lowest BCUT2D eigenvalue weighted by Gasteiger charge is -2.32. The highest BCUT2D eigenvalue weighted by atomic mass is 16.5. The fraction of sp³-hybridized carbons (Fsp3) is 0.667. The third-order valence-electron chi connectivity index (χ3n) is 7.99. The van der Waals surface area contributed by atoms with Crippen molar-refractivity contribution in [1.29, 1.82) is 0 Å². The summed E-state index contributed by atoms with van der Waals surface area (Å²) in [7, 11) is 0. The molecule has 1 aromatic carbocycles. The summed E-state index contributed by atoms with van der Waals surface area (Å²) in [4.78, 5) is 42.8. The van der Waals surface area contributed by atoms with Crippen molar-refractivity contribution in [2.75, 3.05) is 26.2 Å². The molecule has 3 saturated heterocycles. The number of ether oxygens (including phenoxy) is 1. The number of piperidine rings is 1. The molecule has 2 N–H and O–H groups in total. The van der Waals surface area contributed by atoms with Crippen molar-refractivity contribution >= 4 is 17.6 Å². The van der Waals surface area contributed by atoms with Gasteiger partial charge in [0.15, 0.2) is 5.78 Å². The van der Waals surface area contributed by atoms with Crippen LogP contribution in [-0.2, 0) is 14.3 Å². The van der Waals surface area contributed by atoms with Crippen molar-refractivity contribution in [3.05, 3.63) is 35.4 Å². The highest BCUT2D eigenvalue weighted by Crippen LogP contribution is 2.34. The van der Waals surface area contributed by atoms with E-state index >= 15 is 0 Å². The molecule has 190 valence electrons. The van der Waals surface area contributed by atoms with Crippen LogP contribution in [0.3, 0.4) is 0 Å². The molecule has 2 amide bonds. The van der Waals surface area contributed by atoms with Gasteiger partial charge in [0.25, 0.3) is 5.91 Å². The number of nitrogens with zero attached hydrogens (tertiary/aromatic N) is 2. The van der Waals surface area contributed by atoms with Gasteiger partial charge in [-0.05, 0) is 74.7 Å². The number of carbonyl (C=O) groups is 3. The number of carbonyl (C=O) groups excluding carboxylic acids is 3. The summed E-state index contributed by atoms with van der Waals surface area (Å²) in [6.07, 6.45) is 3.87. The molecule has 35 heavy (non-hydrogen) atoms. The first-order valence-corrected chi connectivity index (χ1v) is 13.1. The number of nitrogens with one attached hydrogen (secondary N) is 1. The summed E-state index contributed by atoms with van der Waals surface area (Å²) < 4.78 is 5.39. The number of hydrogen-bond donors (Lipinski definition) is 2. The Morgan fingerprint density at radius 1 is 1.11 bits per heavy atom. The fourth-order valence-corrected chi connectivity index (χ4v) is 5.94. The first-order valence-electron chi connectivity index (χ1n) is 13.1. The lowest BCUT2D eigenvalue weighted by atomic mass is 9.89. The molecule has 0 spiro atoms. The largest absolute Gasteiger partial charge is 0.388 e. The molecule has 3 heterocycles. The second kappa shape index (κ2) is 9.99. The zero-order valence-corrected chi connectivity index (χ0v) is 20.7. The topological polar surface area (TPSA) is 99.2 Å². The van der Waals surface area contributed by atoms with Crippen molar-refractivity contribution in [2.24, 2.45) is 5.92 Å². The van der Waals surface area contributed by atoms with Crippen molar-refractivity contribution < 1.29 is 24.2 Å². The van der Waals surface area contributed by atoms with E-state index in [4.69, 9.17) is 4.74 Å². The van der Waals surface area contributed by atoms with Crippen LogP contribution in [0, 0.1) is 5.92 Å². The third-order valence-corrected chi connectivity index (χ3v) is 7.99. The summed E-state index contributed by atoms with van der Waals surface area (Å²) in [5, 5.41) is 13.2. The van der Waals surface area contributed by atoms with Crippen molar-refractivity contribution in [1.82, 2.24) is 15.1 Å². The number of Topliss-reactive ketones (excluding diaryl/α,β-unsaturated/α-hetero) is 1. The SMILES string of the molecule is CC(C)C[C@H](NC(=O)c1ccc(C2CCN(C3CC3)CC2)cc1)C(=O)N1C[C@@H](O)[C@H]2OCC(=O)[C@H]21. The van der Waals surface area contributed by atoms with Gasteiger partial charge in [-0.3, -0.25) is 14.4 Å². The Morgan fingerprint density at radius 3 is 2.43 bits per heavy atom. The van der Waals surface area contributed by atoms with Crippen LogP contribution in [0.15, 0.2) is 24.3 Å². The van der Waals surface area contributed by atoms with Crippen molar-refractivity contribution in [2.45, 2.75) is 82.2 Å². The standard InChI is InChI=1S/C27H37N3O5/c1-16(2)13-21(27(34)30-14-22(31)25-24(30)23(32)15-35-25)28-26(33)19-5-3-17(4-6-19)18-9-11-29(12-10-18)20-7-8-20/h3-6,16,18,20-22,24-25,31H,7-15H2,1-2H3,(H,28,33)/t21-,22+,24+,25+/m0/s1. The smallest absolute Gasteiger partial charge is 0.251 e. The third kappa shape index (κ3) is 5.15. The molecule has 0 unspecified atom stereocenters. The molecule has 0 aromatic heterocycles. The maximum Gasteiger partial charge on any atom is 0.251 e. The molecule has 4 aliphatic rings. The molecule has 0 bridgehead atoms. The Kier molecular flexibility index (Phi) is 6.97. The van der Waals surface area contributed by atoms with E-state index in [9.17, 15) is 19.5 Å². The van der Waals surface area contributed by atoms with Crippen LogP contribution in [0.1, 0.15) is 67.8 Å². The predicted octanol–water partition coefficient (Wildman–Crippen LogP) is 1.71. The number of aliphatic hydroxyl groups excluding tert-OH is 1. The first kappa shape index (κ1) is 24.4.